The maximum absolute atomic E-state index is 13.1. The van der Waals surface area contributed by atoms with Crippen molar-refractivity contribution in [3.05, 3.63) is 30.9 Å². The second kappa shape index (κ2) is 7.81. The molecule has 0 N–H and O–H groups in total. The zero-order valence-corrected chi connectivity index (χ0v) is 17.4. The van der Waals surface area contributed by atoms with E-state index in [1.165, 1.54) is 10.4 Å². The van der Waals surface area contributed by atoms with Gasteiger partial charge in [0.05, 0.1) is 11.7 Å². The van der Waals surface area contributed by atoms with Gasteiger partial charge in [0.1, 0.15) is 15.9 Å². The lowest BCUT2D eigenvalue weighted by molar-refractivity contribution is -0.139. The van der Waals surface area contributed by atoms with E-state index in [0.717, 1.165) is 11.7 Å². The Morgan fingerprint density at radius 1 is 1.14 bits per heavy atom. The van der Waals surface area contributed by atoms with Crippen LogP contribution in [0.4, 0.5) is 0 Å². The summed E-state index contributed by atoms with van der Waals surface area (Å²) in [6.07, 6.45) is 1.65. The SMILES string of the molecule is C=CC(=O)N1CC(CC(=O)N2CCN(S(=O)(=O)c3cccc4nsnc34)CC2)C1. The van der Waals surface area contributed by atoms with Gasteiger partial charge >= 0.3 is 0 Å². The lowest BCUT2D eigenvalue weighted by Crippen LogP contribution is -2.53. The van der Waals surface area contributed by atoms with E-state index in [2.05, 4.69) is 15.3 Å². The Kier molecular flexibility index (Phi) is 5.36. The van der Waals surface area contributed by atoms with Crippen LogP contribution >= 0.6 is 11.7 Å². The Bertz CT molecular complexity index is 1050. The number of nitrogens with zero attached hydrogens (tertiary/aromatic N) is 5. The molecule has 0 radical (unpaired) electrons. The molecule has 0 spiro atoms. The third kappa shape index (κ3) is 3.77. The molecule has 154 valence electrons. The molecule has 2 aromatic rings. The van der Waals surface area contributed by atoms with Crippen molar-refractivity contribution in [3.63, 3.8) is 0 Å². The highest BCUT2D eigenvalue weighted by atomic mass is 32.2. The maximum Gasteiger partial charge on any atom is 0.245 e. The van der Waals surface area contributed by atoms with Gasteiger partial charge in [-0.25, -0.2) is 8.42 Å². The van der Waals surface area contributed by atoms with Crippen molar-refractivity contribution in [2.45, 2.75) is 11.3 Å². The summed E-state index contributed by atoms with van der Waals surface area (Å²) >= 11 is 0.985. The monoisotopic (exact) mass is 435 g/mol. The van der Waals surface area contributed by atoms with Crippen LogP contribution in [0.3, 0.4) is 0 Å². The van der Waals surface area contributed by atoms with Gasteiger partial charge in [-0.15, -0.1) is 0 Å². The molecular weight excluding hydrogens is 414 g/mol. The van der Waals surface area contributed by atoms with Gasteiger partial charge in [-0.1, -0.05) is 12.6 Å². The average Bonchev–Trinajstić information content (AvgIpc) is 3.18. The molecular formula is C18H21N5O4S2. The van der Waals surface area contributed by atoms with Crippen LogP contribution in [0.1, 0.15) is 6.42 Å². The van der Waals surface area contributed by atoms with E-state index < -0.39 is 10.0 Å². The predicted octanol–water partition coefficient (Wildman–Crippen LogP) is 0.559. The van der Waals surface area contributed by atoms with Crippen LogP contribution in [0, 0.1) is 5.92 Å². The molecule has 0 saturated carbocycles. The predicted molar refractivity (Wildman–Crippen MR) is 108 cm³/mol. The van der Waals surface area contributed by atoms with E-state index in [1.54, 1.807) is 28.0 Å². The maximum atomic E-state index is 13.1. The molecule has 29 heavy (non-hydrogen) atoms. The van der Waals surface area contributed by atoms with Gasteiger partial charge in [-0.2, -0.15) is 13.1 Å². The number of carbonyl (C=O) groups is 2. The number of amides is 2. The highest BCUT2D eigenvalue weighted by Gasteiger charge is 2.35. The van der Waals surface area contributed by atoms with Crippen molar-refractivity contribution in [1.82, 2.24) is 22.9 Å². The average molecular weight is 436 g/mol. The first-order valence-electron chi connectivity index (χ1n) is 9.30. The first kappa shape index (κ1) is 19.9. The molecule has 1 aromatic carbocycles. The Labute approximate surface area is 173 Å². The Morgan fingerprint density at radius 3 is 2.55 bits per heavy atom. The molecule has 11 heteroatoms. The van der Waals surface area contributed by atoms with E-state index in [0.29, 0.717) is 43.6 Å². The molecule has 1 aromatic heterocycles. The number of piperazine rings is 1. The van der Waals surface area contributed by atoms with Crippen LogP contribution in [0.25, 0.3) is 11.0 Å². The molecule has 9 nitrogen and oxygen atoms in total. The van der Waals surface area contributed by atoms with E-state index in [-0.39, 0.29) is 35.7 Å². The van der Waals surface area contributed by atoms with Crippen LogP contribution in [0.2, 0.25) is 0 Å². The number of benzene rings is 1. The fourth-order valence-electron chi connectivity index (χ4n) is 3.69. The number of likely N-dealkylation sites (tertiary alicyclic amines) is 1. The zero-order valence-electron chi connectivity index (χ0n) is 15.7. The molecule has 2 saturated heterocycles. The largest absolute Gasteiger partial charge is 0.340 e. The summed E-state index contributed by atoms with van der Waals surface area (Å²) in [6.45, 7) is 5.78. The van der Waals surface area contributed by atoms with Gasteiger partial charge in [0.25, 0.3) is 0 Å². The summed E-state index contributed by atoms with van der Waals surface area (Å²) in [5.41, 5.74) is 0.953. The van der Waals surface area contributed by atoms with Gasteiger partial charge < -0.3 is 9.80 Å². The molecule has 0 bridgehead atoms. The fraction of sp³-hybridized carbons (Fsp3) is 0.444. The van der Waals surface area contributed by atoms with Crippen molar-refractivity contribution in [2.24, 2.45) is 5.92 Å². The van der Waals surface area contributed by atoms with E-state index in [9.17, 15) is 18.0 Å². The molecule has 2 amide bonds. The number of carbonyl (C=O) groups excluding carboxylic acids is 2. The highest BCUT2D eigenvalue weighted by molar-refractivity contribution is 7.89. The molecule has 2 fully saturated rings. The number of hydrogen-bond acceptors (Lipinski definition) is 7. The van der Waals surface area contributed by atoms with Crippen LogP contribution in [0.15, 0.2) is 35.7 Å². The Morgan fingerprint density at radius 2 is 1.86 bits per heavy atom. The van der Waals surface area contributed by atoms with Crippen molar-refractivity contribution < 1.29 is 18.0 Å². The molecule has 0 unspecified atom stereocenters. The lowest BCUT2D eigenvalue weighted by atomic mass is 9.95. The second-order valence-corrected chi connectivity index (χ2v) is 9.63. The summed E-state index contributed by atoms with van der Waals surface area (Å²) < 4.78 is 35.7. The molecule has 3 heterocycles. The molecule has 0 atom stereocenters. The van der Waals surface area contributed by atoms with Gasteiger partial charge in [0.2, 0.25) is 21.8 Å². The van der Waals surface area contributed by atoms with E-state index >= 15 is 0 Å². The minimum atomic E-state index is -3.70. The van der Waals surface area contributed by atoms with Gasteiger partial charge in [0.15, 0.2) is 0 Å². The Hall–Kier alpha value is -2.37. The van der Waals surface area contributed by atoms with E-state index in [4.69, 9.17) is 0 Å². The number of rotatable bonds is 5. The molecule has 2 aliphatic rings. The number of aromatic nitrogens is 2. The van der Waals surface area contributed by atoms with Gasteiger partial charge in [-0.05, 0) is 18.2 Å². The van der Waals surface area contributed by atoms with Crippen molar-refractivity contribution in [1.29, 1.82) is 0 Å². The zero-order chi connectivity index (χ0) is 20.6. The molecule has 0 aliphatic carbocycles. The minimum Gasteiger partial charge on any atom is -0.340 e. The van der Waals surface area contributed by atoms with Crippen LogP contribution in [-0.2, 0) is 19.6 Å². The fourth-order valence-corrected chi connectivity index (χ4v) is 5.87. The third-order valence-electron chi connectivity index (χ3n) is 5.36. The standard InChI is InChI=1S/C18H21N5O4S2/c1-2-16(24)22-11-13(12-22)10-17(25)21-6-8-23(9-7-21)29(26,27)15-5-3-4-14-18(15)20-28-19-14/h2-5,13H,1,6-12H2. The summed E-state index contributed by atoms with van der Waals surface area (Å²) in [5, 5.41) is 0. The minimum absolute atomic E-state index is 0.00329. The third-order valence-corrected chi connectivity index (χ3v) is 7.84. The van der Waals surface area contributed by atoms with Crippen LogP contribution in [0.5, 0.6) is 0 Å². The number of fused-ring (bicyclic) bond motifs is 1. The van der Waals surface area contributed by atoms with Gasteiger partial charge in [-0.3, -0.25) is 9.59 Å². The van der Waals surface area contributed by atoms with Crippen molar-refractivity contribution >= 4 is 44.6 Å². The van der Waals surface area contributed by atoms with Crippen LogP contribution < -0.4 is 0 Å². The molecule has 4 rings (SSSR count). The lowest BCUT2D eigenvalue weighted by Gasteiger charge is -2.40. The first-order chi connectivity index (χ1) is 13.9. The van der Waals surface area contributed by atoms with Gasteiger partial charge in [0, 0.05) is 51.6 Å². The summed E-state index contributed by atoms with van der Waals surface area (Å²) in [6, 6.07) is 4.94. The topological polar surface area (TPSA) is 104 Å². The summed E-state index contributed by atoms with van der Waals surface area (Å²) in [7, 11) is -3.70. The Balaban J connectivity index is 1.34. The smallest absolute Gasteiger partial charge is 0.245 e. The normalized spacial score (nSPS) is 18.6. The summed E-state index contributed by atoms with van der Waals surface area (Å²) in [4.78, 5) is 27.5. The second-order valence-electron chi connectivity index (χ2n) is 7.19. The van der Waals surface area contributed by atoms with E-state index in [1.807, 2.05) is 0 Å². The first-order valence-corrected chi connectivity index (χ1v) is 11.5. The van der Waals surface area contributed by atoms with Crippen molar-refractivity contribution in [2.75, 3.05) is 39.3 Å². The highest BCUT2D eigenvalue weighted by Crippen LogP contribution is 2.26. The summed E-state index contributed by atoms with van der Waals surface area (Å²) in [5.74, 6) is 0.0457. The van der Waals surface area contributed by atoms with Crippen molar-refractivity contribution in [3.8, 4) is 0 Å². The quantitative estimate of drug-likeness (QED) is 0.636. The molecule has 2 aliphatic heterocycles. The number of sulfonamides is 1. The van der Waals surface area contributed by atoms with Crippen LogP contribution in [-0.4, -0.2) is 82.4 Å². The number of hydrogen-bond donors (Lipinski definition) is 0.